The van der Waals surface area contributed by atoms with Crippen LogP contribution in [-0.4, -0.2) is 55.3 Å². The van der Waals surface area contributed by atoms with Crippen LogP contribution in [0.15, 0.2) is 66.7 Å². The molecule has 0 fully saturated rings. The van der Waals surface area contributed by atoms with E-state index < -0.39 is 25.0 Å². The molecule has 0 spiro atoms. The number of halogens is 1. The van der Waals surface area contributed by atoms with E-state index in [9.17, 15) is 26.4 Å². The molecule has 0 atom stereocenters. The molecule has 0 aliphatic heterocycles. The van der Waals surface area contributed by atoms with Crippen molar-refractivity contribution in [2.75, 3.05) is 46.9 Å². The van der Waals surface area contributed by atoms with Gasteiger partial charge < -0.3 is 15.5 Å². The van der Waals surface area contributed by atoms with E-state index in [0.717, 1.165) is 23.8 Å². The van der Waals surface area contributed by atoms with Gasteiger partial charge in [-0.1, -0.05) is 18.2 Å². The van der Waals surface area contributed by atoms with Crippen LogP contribution in [0.4, 0.5) is 22.7 Å². The molecule has 0 aromatic heterocycles. The minimum absolute atomic E-state index is 0.264. The number of hydrogen-bond acceptors (Lipinski definition) is 7. The summed E-state index contributed by atoms with van der Waals surface area (Å²) < 4.78 is 44.0. The van der Waals surface area contributed by atoms with E-state index in [1.54, 1.807) is 48.5 Å². The van der Waals surface area contributed by atoms with Gasteiger partial charge in [0.05, 0.1) is 12.5 Å². The van der Waals surface area contributed by atoms with E-state index in [1.165, 1.54) is 6.07 Å². The number of anilines is 4. The predicted octanol–water partition coefficient (Wildman–Crippen LogP) is 4.12. The smallest absolute Gasteiger partial charge is 0.255 e. The molecule has 3 aromatic carbocycles. The highest BCUT2D eigenvalue weighted by Crippen LogP contribution is 2.23. The Morgan fingerprint density at radius 2 is 1.32 bits per heavy atom. The molecule has 0 saturated carbocycles. The van der Waals surface area contributed by atoms with E-state index in [2.05, 4.69) is 26.0 Å². The zero-order valence-electron chi connectivity index (χ0n) is 21.4. The second kappa shape index (κ2) is 12.8. The van der Waals surface area contributed by atoms with Gasteiger partial charge in [0.15, 0.2) is 0 Å². The Balaban J connectivity index is 0.000000926. The fourth-order valence-electron chi connectivity index (χ4n) is 3.10. The van der Waals surface area contributed by atoms with E-state index in [1.807, 2.05) is 38.1 Å². The number of sulfonamides is 1. The maximum absolute atomic E-state index is 12.8. The van der Waals surface area contributed by atoms with Crippen molar-refractivity contribution < 1.29 is 26.4 Å². The van der Waals surface area contributed by atoms with Crippen molar-refractivity contribution in [1.29, 1.82) is 0 Å². The SMILES string of the molecule is CS(=O)(=O)Cl.Cc1ccc(NC(=O)c2cccc(N(C)C)c2)cc1NC(=O)c1cccc(NS(C)(=O)=O)c1. The molecule has 0 saturated heterocycles. The minimum atomic E-state index is -3.46. The standard InChI is InChI=1S/C24H26N4O4S.CH3ClO2S/c1-16-11-12-19(25-23(29)18-8-6-10-21(14-18)28(2)3)15-22(16)26-24(30)17-7-5-9-20(13-17)27-33(4,31)32;1-5(2,3)4/h5-15,27H,1-4H3,(H,25,29)(H,26,30);1H3. The number of rotatable bonds is 7. The van der Waals surface area contributed by atoms with Crippen LogP contribution in [0.5, 0.6) is 0 Å². The van der Waals surface area contributed by atoms with Crippen molar-refractivity contribution in [1.82, 2.24) is 0 Å². The topological polar surface area (TPSA) is 142 Å². The molecular weight excluding hydrogens is 552 g/mol. The Morgan fingerprint density at radius 3 is 1.89 bits per heavy atom. The summed E-state index contributed by atoms with van der Waals surface area (Å²) >= 11 is 0. The number of nitrogens with zero attached hydrogens (tertiary/aromatic N) is 1. The molecule has 13 heteroatoms. The van der Waals surface area contributed by atoms with Gasteiger partial charge in [-0.2, -0.15) is 0 Å². The van der Waals surface area contributed by atoms with Crippen molar-refractivity contribution in [3.8, 4) is 0 Å². The van der Waals surface area contributed by atoms with E-state index >= 15 is 0 Å². The number of hydrogen-bond donors (Lipinski definition) is 3. The Kier molecular flexibility index (Phi) is 10.3. The van der Waals surface area contributed by atoms with Crippen molar-refractivity contribution in [2.24, 2.45) is 0 Å². The summed E-state index contributed by atoms with van der Waals surface area (Å²) in [5.41, 5.74) is 3.88. The number of carbonyl (C=O) groups is 2. The largest absolute Gasteiger partial charge is 0.378 e. The molecule has 3 N–H and O–H groups in total. The van der Waals surface area contributed by atoms with Crippen LogP contribution < -0.4 is 20.3 Å². The molecule has 3 aromatic rings. The van der Waals surface area contributed by atoms with E-state index in [-0.39, 0.29) is 11.5 Å². The molecule has 2 amide bonds. The van der Waals surface area contributed by atoms with Crippen LogP contribution >= 0.6 is 10.7 Å². The summed E-state index contributed by atoms with van der Waals surface area (Å²) in [4.78, 5) is 27.4. The molecule has 3 rings (SSSR count). The Bertz CT molecular complexity index is 1530. The summed E-state index contributed by atoms with van der Waals surface area (Å²) in [5.74, 6) is -0.670. The van der Waals surface area contributed by atoms with E-state index in [4.69, 9.17) is 0 Å². The van der Waals surface area contributed by atoms with Gasteiger partial charge in [0.25, 0.3) is 11.8 Å². The summed E-state index contributed by atoms with van der Waals surface area (Å²) in [5, 5.41) is 5.67. The Morgan fingerprint density at radius 1 is 0.763 bits per heavy atom. The maximum atomic E-state index is 12.8. The first-order valence-electron chi connectivity index (χ1n) is 11.0. The van der Waals surface area contributed by atoms with Crippen LogP contribution in [0.1, 0.15) is 26.3 Å². The third kappa shape index (κ3) is 10.8. The van der Waals surface area contributed by atoms with Gasteiger partial charge in [-0.05, 0) is 61.0 Å². The van der Waals surface area contributed by atoms with E-state index in [0.29, 0.717) is 22.6 Å². The second-order valence-corrected chi connectivity index (χ2v) is 13.3. The normalized spacial score (nSPS) is 11.0. The van der Waals surface area contributed by atoms with Crippen LogP contribution in [0.3, 0.4) is 0 Å². The lowest BCUT2D eigenvalue weighted by atomic mass is 10.1. The number of amides is 2. The first-order valence-corrected chi connectivity index (χ1v) is 15.6. The molecule has 10 nitrogen and oxygen atoms in total. The lowest BCUT2D eigenvalue weighted by Gasteiger charge is -2.14. The molecule has 38 heavy (non-hydrogen) atoms. The average molecular weight is 581 g/mol. The Hall–Kier alpha value is -3.61. The van der Waals surface area contributed by atoms with Crippen molar-refractivity contribution >= 4 is 64.3 Å². The fourth-order valence-corrected chi connectivity index (χ4v) is 3.65. The second-order valence-electron chi connectivity index (χ2n) is 8.52. The monoisotopic (exact) mass is 580 g/mol. The Labute approximate surface area is 227 Å². The predicted molar refractivity (Wildman–Crippen MR) is 153 cm³/mol. The zero-order valence-corrected chi connectivity index (χ0v) is 23.8. The van der Waals surface area contributed by atoms with Crippen LogP contribution in [0.25, 0.3) is 0 Å². The molecule has 0 unspecified atom stereocenters. The number of nitrogens with one attached hydrogen (secondary N) is 3. The average Bonchev–Trinajstić information content (AvgIpc) is 2.79. The summed E-state index contributed by atoms with van der Waals surface area (Å²) in [7, 11) is 1.65. The van der Waals surface area contributed by atoms with Crippen LogP contribution in [0, 0.1) is 6.92 Å². The number of aryl methyl sites for hydroxylation is 1. The van der Waals surface area contributed by atoms with Gasteiger partial charge in [0.2, 0.25) is 19.1 Å². The minimum Gasteiger partial charge on any atom is -0.378 e. The molecule has 0 aliphatic rings. The highest BCUT2D eigenvalue weighted by atomic mass is 35.7. The van der Waals surface area contributed by atoms with Gasteiger partial charge in [0, 0.05) is 58.7 Å². The number of benzene rings is 3. The lowest BCUT2D eigenvalue weighted by molar-refractivity contribution is 0.101. The molecular formula is C25H29ClN4O6S2. The van der Waals surface area contributed by atoms with Crippen molar-refractivity contribution in [3.63, 3.8) is 0 Å². The first kappa shape index (κ1) is 30.6. The summed E-state index contributed by atoms with van der Waals surface area (Å²) in [6, 6.07) is 18.7. The quantitative estimate of drug-likeness (QED) is 0.357. The van der Waals surface area contributed by atoms with Gasteiger partial charge in [-0.15, -0.1) is 0 Å². The molecule has 0 aliphatic carbocycles. The molecule has 0 radical (unpaired) electrons. The summed E-state index contributed by atoms with van der Waals surface area (Å²) in [6.07, 6.45) is 1.97. The van der Waals surface area contributed by atoms with Gasteiger partial charge in [-0.25, -0.2) is 16.8 Å². The van der Waals surface area contributed by atoms with Crippen LogP contribution in [-0.2, 0) is 19.1 Å². The lowest BCUT2D eigenvalue weighted by Crippen LogP contribution is -2.16. The molecule has 0 heterocycles. The summed E-state index contributed by atoms with van der Waals surface area (Å²) in [6.45, 7) is 1.84. The fraction of sp³-hybridized carbons (Fsp3) is 0.200. The van der Waals surface area contributed by atoms with Gasteiger partial charge in [0.1, 0.15) is 0 Å². The molecule has 0 bridgehead atoms. The van der Waals surface area contributed by atoms with Gasteiger partial charge >= 0.3 is 0 Å². The number of carbonyl (C=O) groups excluding carboxylic acids is 2. The van der Waals surface area contributed by atoms with Gasteiger partial charge in [-0.3, -0.25) is 14.3 Å². The third-order valence-corrected chi connectivity index (χ3v) is 5.40. The first-order chi connectivity index (χ1) is 17.5. The van der Waals surface area contributed by atoms with Crippen molar-refractivity contribution in [2.45, 2.75) is 6.92 Å². The third-order valence-electron chi connectivity index (χ3n) is 4.80. The zero-order chi connectivity index (χ0) is 28.7. The maximum Gasteiger partial charge on any atom is 0.255 e. The highest BCUT2D eigenvalue weighted by molar-refractivity contribution is 8.13. The molecule has 204 valence electrons. The van der Waals surface area contributed by atoms with Crippen molar-refractivity contribution in [3.05, 3.63) is 83.4 Å². The highest BCUT2D eigenvalue weighted by Gasteiger charge is 2.12. The van der Waals surface area contributed by atoms with Crippen LogP contribution in [0.2, 0.25) is 0 Å².